The van der Waals surface area contributed by atoms with Crippen molar-refractivity contribution in [1.82, 2.24) is 0 Å². The van der Waals surface area contributed by atoms with Crippen LogP contribution >= 0.6 is 23.2 Å². The van der Waals surface area contributed by atoms with Crippen molar-refractivity contribution in [1.29, 1.82) is 0 Å². The first-order valence-electron chi connectivity index (χ1n) is 3.65. The van der Waals surface area contributed by atoms with Crippen LogP contribution in [0.1, 0.15) is 20.8 Å². The lowest BCUT2D eigenvalue weighted by atomic mass is 9.84. The Kier molecular flexibility index (Phi) is 2.36. The van der Waals surface area contributed by atoms with E-state index in [1.165, 1.54) is 0 Å². The SMILES string of the molecule is CC1=CC(Cl)C(C)(C)C=C1Cl. The molecular formula is C9H12Cl2. The molecule has 0 saturated carbocycles. The highest BCUT2D eigenvalue weighted by molar-refractivity contribution is 6.32. The summed E-state index contributed by atoms with van der Waals surface area (Å²) in [5, 5.41) is 0.886. The van der Waals surface area contributed by atoms with E-state index in [9.17, 15) is 0 Å². The first-order valence-corrected chi connectivity index (χ1v) is 4.46. The summed E-state index contributed by atoms with van der Waals surface area (Å²) in [6.07, 6.45) is 4.02. The van der Waals surface area contributed by atoms with Crippen LogP contribution < -0.4 is 0 Å². The molecule has 0 bridgehead atoms. The van der Waals surface area contributed by atoms with Crippen molar-refractivity contribution in [2.24, 2.45) is 5.41 Å². The van der Waals surface area contributed by atoms with Gasteiger partial charge in [0.1, 0.15) is 0 Å². The van der Waals surface area contributed by atoms with Gasteiger partial charge in [0.05, 0.1) is 5.38 Å². The largest absolute Gasteiger partial charge is 0.118 e. The van der Waals surface area contributed by atoms with Crippen molar-refractivity contribution >= 4 is 23.2 Å². The van der Waals surface area contributed by atoms with Crippen LogP contribution in [0.25, 0.3) is 0 Å². The number of halogens is 2. The number of alkyl halides is 1. The van der Waals surface area contributed by atoms with Crippen LogP contribution in [0.15, 0.2) is 22.8 Å². The lowest BCUT2D eigenvalue weighted by Crippen LogP contribution is -2.23. The molecule has 0 saturated heterocycles. The quantitative estimate of drug-likeness (QED) is 0.512. The fraction of sp³-hybridized carbons (Fsp3) is 0.556. The topological polar surface area (TPSA) is 0 Å². The van der Waals surface area contributed by atoms with Crippen molar-refractivity contribution in [3.05, 3.63) is 22.8 Å². The van der Waals surface area contributed by atoms with Crippen molar-refractivity contribution in [3.8, 4) is 0 Å². The number of rotatable bonds is 0. The van der Waals surface area contributed by atoms with Gasteiger partial charge in [-0.2, -0.15) is 0 Å². The molecule has 1 aliphatic rings. The Labute approximate surface area is 77.9 Å². The van der Waals surface area contributed by atoms with E-state index in [4.69, 9.17) is 23.2 Å². The van der Waals surface area contributed by atoms with Crippen molar-refractivity contribution in [2.75, 3.05) is 0 Å². The number of hydrogen-bond donors (Lipinski definition) is 0. The van der Waals surface area contributed by atoms with Crippen LogP contribution in [-0.2, 0) is 0 Å². The second-order valence-corrected chi connectivity index (χ2v) is 4.44. The Morgan fingerprint density at radius 3 is 2.45 bits per heavy atom. The second kappa shape index (κ2) is 2.84. The zero-order chi connectivity index (χ0) is 8.65. The van der Waals surface area contributed by atoms with Crippen molar-refractivity contribution < 1.29 is 0 Å². The van der Waals surface area contributed by atoms with Crippen LogP contribution in [-0.4, -0.2) is 5.38 Å². The summed E-state index contributed by atoms with van der Waals surface area (Å²) >= 11 is 12.0. The molecular weight excluding hydrogens is 179 g/mol. The van der Waals surface area contributed by atoms with Gasteiger partial charge >= 0.3 is 0 Å². The van der Waals surface area contributed by atoms with Gasteiger partial charge in [-0.05, 0) is 12.5 Å². The highest BCUT2D eigenvalue weighted by Gasteiger charge is 2.27. The molecule has 0 spiro atoms. The molecule has 0 amide bonds. The van der Waals surface area contributed by atoms with Gasteiger partial charge in [-0.25, -0.2) is 0 Å². The molecule has 11 heavy (non-hydrogen) atoms. The standard InChI is InChI=1S/C9H12Cl2/c1-6-4-8(11)9(2,3)5-7(6)10/h4-5,8H,1-3H3. The normalized spacial score (nSPS) is 29.4. The van der Waals surface area contributed by atoms with Gasteiger partial charge in [0.15, 0.2) is 0 Å². The summed E-state index contributed by atoms with van der Waals surface area (Å²) < 4.78 is 0. The Bertz CT molecular complexity index is 224. The molecule has 0 radical (unpaired) electrons. The smallest absolute Gasteiger partial charge is 0.0608 e. The second-order valence-electron chi connectivity index (χ2n) is 3.57. The maximum Gasteiger partial charge on any atom is 0.0608 e. The van der Waals surface area contributed by atoms with E-state index in [-0.39, 0.29) is 10.8 Å². The summed E-state index contributed by atoms with van der Waals surface area (Å²) in [7, 11) is 0. The molecule has 0 fully saturated rings. The predicted octanol–water partition coefficient (Wildman–Crippen LogP) is 3.70. The Morgan fingerprint density at radius 2 is 2.00 bits per heavy atom. The number of allylic oxidation sites excluding steroid dienone is 4. The molecule has 1 atom stereocenters. The van der Waals surface area contributed by atoms with E-state index in [0.717, 1.165) is 10.6 Å². The Morgan fingerprint density at radius 1 is 1.45 bits per heavy atom. The van der Waals surface area contributed by atoms with Crippen LogP contribution in [0.4, 0.5) is 0 Å². The van der Waals surface area contributed by atoms with Crippen molar-refractivity contribution in [3.63, 3.8) is 0 Å². The number of hydrogen-bond acceptors (Lipinski definition) is 0. The highest BCUT2D eigenvalue weighted by atomic mass is 35.5. The first kappa shape index (κ1) is 9.15. The molecule has 1 unspecified atom stereocenters. The van der Waals surface area contributed by atoms with Gasteiger partial charge in [-0.15, -0.1) is 11.6 Å². The lowest BCUT2D eigenvalue weighted by molar-refractivity contribution is 0.488. The molecule has 0 heterocycles. The zero-order valence-corrected chi connectivity index (χ0v) is 8.50. The predicted molar refractivity (Wildman–Crippen MR) is 51.1 cm³/mol. The highest BCUT2D eigenvalue weighted by Crippen LogP contribution is 2.37. The molecule has 0 aromatic heterocycles. The van der Waals surface area contributed by atoms with Crippen LogP contribution in [0, 0.1) is 5.41 Å². The third kappa shape index (κ3) is 1.80. The van der Waals surface area contributed by atoms with E-state index >= 15 is 0 Å². The monoisotopic (exact) mass is 190 g/mol. The molecule has 0 N–H and O–H groups in total. The summed E-state index contributed by atoms with van der Waals surface area (Å²) in [5.74, 6) is 0. The minimum absolute atomic E-state index is 0.0157. The van der Waals surface area contributed by atoms with Crippen LogP contribution in [0.2, 0.25) is 0 Å². The minimum Gasteiger partial charge on any atom is -0.118 e. The van der Waals surface area contributed by atoms with Gasteiger partial charge in [-0.3, -0.25) is 0 Å². The van der Waals surface area contributed by atoms with E-state index in [1.54, 1.807) is 0 Å². The summed E-state index contributed by atoms with van der Waals surface area (Å²) in [4.78, 5) is 0. The first-order chi connectivity index (χ1) is 4.93. The molecule has 1 rings (SSSR count). The third-order valence-electron chi connectivity index (χ3n) is 1.98. The van der Waals surface area contributed by atoms with Crippen LogP contribution in [0.5, 0.6) is 0 Å². The average Bonchev–Trinajstić information content (AvgIpc) is 1.83. The molecule has 0 nitrogen and oxygen atoms in total. The lowest BCUT2D eigenvalue weighted by Gasteiger charge is -2.29. The molecule has 0 aromatic rings. The Balaban J connectivity index is 2.98. The van der Waals surface area contributed by atoms with Gasteiger partial charge in [0.2, 0.25) is 0 Å². The third-order valence-corrected chi connectivity index (χ3v) is 3.08. The van der Waals surface area contributed by atoms with E-state index in [2.05, 4.69) is 13.8 Å². The van der Waals surface area contributed by atoms with Gasteiger partial charge in [0, 0.05) is 10.4 Å². The fourth-order valence-electron chi connectivity index (χ4n) is 1.03. The van der Waals surface area contributed by atoms with Crippen molar-refractivity contribution in [2.45, 2.75) is 26.1 Å². The Hall–Kier alpha value is 0.0600. The van der Waals surface area contributed by atoms with Gasteiger partial charge < -0.3 is 0 Å². The molecule has 0 aromatic carbocycles. The summed E-state index contributed by atoms with van der Waals surface area (Å²) in [6, 6.07) is 0. The summed E-state index contributed by atoms with van der Waals surface area (Å²) in [5.41, 5.74) is 1.06. The molecule has 1 aliphatic carbocycles. The summed E-state index contributed by atoms with van der Waals surface area (Å²) in [6.45, 7) is 6.13. The van der Waals surface area contributed by atoms with Gasteiger partial charge in [0.25, 0.3) is 0 Å². The van der Waals surface area contributed by atoms with E-state index in [0.29, 0.717) is 0 Å². The molecule has 2 heteroatoms. The van der Waals surface area contributed by atoms with Crippen LogP contribution in [0.3, 0.4) is 0 Å². The zero-order valence-electron chi connectivity index (χ0n) is 6.99. The van der Waals surface area contributed by atoms with E-state index < -0.39 is 0 Å². The van der Waals surface area contributed by atoms with Gasteiger partial charge in [-0.1, -0.05) is 37.6 Å². The minimum atomic E-state index is -0.0157. The molecule has 62 valence electrons. The maximum atomic E-state index is 6.09. The van der Waals surface area contributed by atoms with E-state index in [1.807, 2.05) is 19.1 Å². The average molecular weight is 191 g/mol. The molecule has 0 aliphatic heterocycles. The fourth-order valence-corrected chi connectivity index (χ4v) is 1.63. The maximum absolute atomic E-state index is 6.09.